The van der Waals surface area contributed by atoms with Crippen LogP contribution < -0.4 is 5.32 Å². The Morgan fingerprint density at radius 3 is 2.00 bits per heavy atom. The van der Waals surface area contributed by atoms with Crippen molar-refractivity contribution >= 4 is 17.5 Å². The van der Waals surface area contributed by atoms with Gasteiger partial charge >= 0.3 is 11.8 Å². The summed E-state index contributed by atoms with van der Waals surface area (Å²) in [5, 5.41) is 2.09. The third kappa shape index (κ3) is 3.74. The Labute approximate surface area is 119 Å². The molecular formula is C14H15F3N2O2. The fourth-order valence-corrected chi connectivity index (χ4v) is 2.23. The van der Waals surface area contributed by atoms with E-state index in [-0.39, 0.29) is 5.69 Å². The van der Waals surface area contributed by atoms with Gasteiger partial charge in [-0.25, -0.2) is 13.2 Å². The van der Waals surface area contributed by atoms with Crippen LogP contribution in [-0.4, -0.2) is 29.8 Å². The predicted octanol–water partition coefficient (Wildman–Crippen LogP) is 2.45. The number of hydrogen-bond acceptors (Lipinski definition) is 2. The Morgan fingerprint density at radius 2 is 1.48 bits per heavy atom. The molecule has 1 aromatic rings. The highest BCUT2D eigenvalue weighted by Gasteiger charge is 2.23. The second-order valence-corrected chi connectivity index (χ2v) is 4.91. The molecule has 2 rings (SSSR count). The standard InChI is InChI=1S/C14H15F3N2O2/c15-10-7-9(8-11(16)12(10)17)18-13(20)14(21)19-5-3-1-2-4-6-19/h7-8H,1-6H2,(H,18,20). The molecule has 0 spiro atoms. The minimum Gasteiger partial charge on any atom is -0.334 e. The molecule has 7 heteroatoms. The fourth-order valence-electron chi connectivity index (χ4n) is 2.23. The summed E-state index contributed by atoms with van der Waals surface area (Å²) in [6.07, 6.45) is 3.64. The zero-order valence-corrected chi connectivity index (χ0v) is 11.3. The summed E-state index contributed by atoms with van der Waals surface area (Å²) in [6, 6.07) is 1.26. The first-order valence-electron chi connectivity index (χ1n) is 6.74. The molecule has 1 heterocycles. The Balaban J connectivity index is 2.05. The van der Waals surface area contributed by atoms with Crippen LogP contribution in [0.3, 0.4) is 0 Å². The molecular weight excluding hydrogens is 285 g/mol. The number of carbonyl (C=O) groups excluding carboxylic acids is 2. The number of hydrogen-bond donors (Lipinski definition) is 1. The maximum absolute atomic E-state index is 13.0. The molecule has 21 heavy (non-hydrogen) atoms. The second kappa shape index (κ2) is 6.60. The van der Waals surface area contributed by atoms with E-state index in [0.29, 0.717) is 25.2 Å². The number of carbonyl (C=O) groups is 2. The largest absolute Gasteiger partial charge is 0.334 e. The van der Waals surface area contributed by atoms with E-state index in [0.717, 1.165) is 25.7 Å². The molecule has 0 atom stereocenters. The molecule has 1 N–H and O–H groups in total. The van der Waals surface area contributed by atoms with E-state index in [4.69, 9.17) is 0 Å². The number of nitrogens with one attached hydrogen (secondary N) is 1. The minimum absolute atomic E-state index is 0.292. The van der Waals surface area contributed by atoms with Crippen LogP contribution in [0.1, 0.15) is 25.7 Å². The number of benzene rings is 1. The summed E-state index contributed by atoms with van der Waals surface area (Å²) < 4.78 is 38.9. The average Bonchev–Trinajstić information content (AvgIpc) is 2.72. The van der Waals surface area contributed by atoms with Gasteiger partial charge in [0.15, 0.2) is 17.5 Å². The molecule has 2 amide bonds. The lowest BCUT2D eigenvalue weighted by molar-refractivity contribution is -0.143. The van der Waals surface area contributed by atoms with Gasteiger partial charge in [-0.2, -0.15) is 0 Å². The molecule has 1 aliphatic rings. The molecule has 0 aliphatic carbocycles. The lowest BCUT2D eigenvalue weighted by Gasteiger charge is -2.19. The summed E-state index contributed by atoms with van der Waals surface area (Å²) in [7, 11) is 0. The number of anilines is 1. The van der Waals surface area contributed by atoms with Gasteiger partial charge in [0.25, 0.3) is 0 Å². The van der Waals surface area contributed by atoms with Crippen molar-refractivity contribution in [2.75, 3.05) is 18.4 Å². The van der Waals surface area contributed by atoms with Crippen LogP contribution in [0.4, 0.5) is 18.9 Å². The van der Waals surface area contributed by atoms with E-state index in [2.05, 4.69) is 5.32 Å². The summed E-state index contributed by atoms with van der Waals surface area (Å²) in [5.41, 5.74) is -0.292. The number of rotatable bonds is 1. The highest BCUT2D eigenvalue weighted by atomic mass is 19.2. The van der Waals surface area contributed by atoms with E-state index < -0.39 is 29.3 Å². The maximum Gasteiger partial charge on any atom is 0.313 e. The van der Waals surface area contributed by atoms with Crippen LogP contribution >= 0.6 is 0 Å². The van der Waals surface area contributed by atoms with Gasteiger partial charge in [-0.3, -0.25) is 9.59 Å². The summed E-state index contributed by atoms with van der Waals surface area (Å²) in [6.45, 7) is 0.969. The van der Waals surface area contributed by atoms with E-state index in [9.17, 15) is 22.8 Å². The maximum atomic E-state index is 13.0. The summed E-state index contributed by atoms with van der Waals surface area (Å²) in [4.78, 5) is 25.2. The smallest absolute Gasteiger partial charge is 0.313 e. The zero-order chi connectivity index (χ0) is 15.4. The molecule has 0 aromatic heterocycles. The van der Waals surface area contributed by atoms with Crippen LogP contribution in [0.25, 0.3) is 0 Å². The molecule has 1 aliphatic heterocycles. The van der Waals surface area contributed by atoms with Gasteiger partial charge in [0, 0.05) is 30.9 Å². The highest BCUT2D eigenvalue weighted by Crippen LogP contribution is 2.17. The summed E-state index contributed by atoms with van der Waals surface area (Å²) in [5.74, 6) is -6.20. The van der Waals surface area contributed by atoms with E-state index >= 15 is 0 Å². The topological polar surface area (TPSA) is 49.4 Å². The van der Waals surface area contributed by atoms with Gasteiger partial charge in [0.2, 0.25) is 0 Å². The van der Waals surface area contributed by atoms with Gasteiger partial charge in [0.05, 0.1) is 0 Å². The van der Waals surface area contributed by atoms with Gasteiger partial charge in [0.1, 0.15) is 0 Å². The van der Waals surface area contributed by atoms with Crippen LogP contribution in [-0.2, 0) is 9.59 Å². The van der Waals surface area contributed by atoms with Crippen molar-refractivity contribution in [3.8, 4) is 0 Å². The quantitative estimate of drug-likeness (QED) is 0.640. The van der Waals surface area contributed by atoms with Crippen LogP contribution in [0.15, 0.2) is 12.1 Å². The number of likely N-dealkylation sites (tertiary alicyclic amines) is 1. The predicted molar refractivity (Wildman–Crippen MR) is 70.0 cm³/mol. The molecule has 1 fully saturated rings. The molecule has 4 nitrogen and oxygen atoms in total. The van der Waals surface area contributed by atoms with Gasteiger partial charge in [-0.15, -0.1) is 0 Å². The van der Waals surface area contributed by atoms with Crippen LogP contribution in [0, 0.1) is 17.5 Å². The Hall–Kier alpha value is -2.05. The fraction of sp³-hybridized carbons (Fsp3) is 0.429. The second-order valence-electron chi connectivity index (χ2n) is 4.91. The van der Waals surface area contributed by atoms with Crippen molar-refractivity contribution in [2.24, 2.45) is 0 Å². The molecule has 0 radical (unpaired) electrons. The SMILES string of the molecule is O=C(Nc1cc(F)c(F)c(F)c1)C(=O)N1CCCCCC1. The lowest BCUT2D eigenvalue weighted by Crippen LogP contribution is -2.40. The van der Waals surface area contributed by atoms with Gasteiger partial charge < -0.3 is 10.2 Å². The van der Waals surface area contributed by atoms with E-state index in [1.165, 1.54) is 4.90 Å². The highest BCUT2D eigenvalue weighted by molar-refractivity contribution is 6.39. The molecule has 1 saturated heterocycles. The lowest BCUT2D eigenvalue weighted by atomic mass is 10.2. The van der Waals surface area contributed by atoms with E-state index in [1.807, 2.05) is 0 Å². The normalized spacial score (nSPS) is 15.5. The number of amides is 2. The minimum atomic E-state index is -1.62. The van der Waals surface area contributed by atoms with Crippen molar-refractivity contribution in [3.05, 3.63) is 29.6 Å². The summed E-state index contributed by atoms with van der Waals surface area (Å²) >= 11 is 0. The third-order valence-corrected chi connectivity index (χ3v) is 3.33. The van der Waals surface area contributed by atoms with Crippen LogP contribution in [0.5, 0.6) is 0 Å². The van der Waals surface area contributed by atoms with Crippen molar-refractivity contribution in [1.29, 1.82) is 0 Å². The van der Waals surface area contributed by atoms with Crippen molar-refractivity contribution in [3.63, 3.8) is 0 Å². The zero-order valence-electron chi connectivity index (χ0n) is 11.3. The monoisotopic (exact) mass is 300 g/mol. The molecule has 0 saturated carbocycles. The molecule has 1 aromatic carbocycles. The molecule has 114 valence electrons. The van der Waals surface area contributed by atoms with Crippen molar-refractivity contribution in [2.45, 2.75) is 25.7 Å². The first-order chi connectivity index (χ1) is 9.99. The van der Waals surface area contributed by atoms with Gasteiger partial charge in [-0.05, 0) is 12.8 Å². The van der Waals surface area contributed by atoms with Crippen molar-refractivity contribution < 1.29 is 22.8 Å². The van der Waals surface area contributed by atoms with E-state index in [1.54, 1.807) is 0 Å². The molecule has 0 unspecified atom stereocenters. The first kappa shape index (κ1) is 15.3. The first-order valence-corrected chi connectivity index (χ1v) is 6.74. The Bertz CT molecular complexity index is 532. The van der Waals surface area contributed by atoms with Crippen molar-refractivity contribution in [1.82, 2.24) is 4.90 Å². The van der Waals surface area contributed by atoms with Crippen LogP contribution in [0.2, 0.25) is 0 Å². The number of halogens is 3. The van der Waals surface area contributed by atoms with Gasteiger partial charge in [-0.1, -0.05) is 12.8 Å². The molecule has 0 bridgehead atoms. The Morgan fingerprint density at radius 1 is 0.952 bits per heavy atom. The Kier molecular flexibility index (Phi) is 4.82. The number of nitrogens with zero attached hydrogens (tertiary/aromatic N) is 1. The average molecular weight is 300 g/mol. The third-order valence-electron chi connectivity index (χ3n) is 3.33.